The van der Waals surface area contributed by atoms with Crippen molar-refractivity contribution in [1.29, 1.82) is 0 Å². The van der Waals surface area contributed by atoms with Crippen molar-refractivity contribution in [1.82, 2.24) is 20.1 Å². The van der Waals surface area contributed by atoms with Gasteiger partial charge in [-0.15, -0.1) is 11.3 Å². The lowest BCUT2D eigenvalue weighted by molar-refractivity contribution is 0.497. The summed E-state index contributed by atoms with van der Waals surface area (Å²) in [6.45, 7) is 6.15. The van der Waals surface area contributed by atoms with E-state index in [4.69, 9.17) is 0 Å². The van der Waals surface area contributed by atoms with E-state index in [1.807, 2.05) is 4.68 Å². The van der Waals surface area contributed by atoms with Crippen LogP contribution < -0.4 is 5.32 Å². The highest BCUT2D eigenvalue weighted by Gasteiger charge is 2.16. The zero-order valence-electron chi connectivity index (χ0n) is 11.3. The van der Waals surface area contributed by atoms with E-state index >= 15 is 0 Å². The zero-order valence-corrected chi connectivity index (χ0v) is 13.7. The van der Waals surface area contributed by atoms with E-state index in [-0.39, 0.29) is 0 Å². The summed E-state index contributed by atoms with van der Waals surface area (Å²) in [5.74, 6) is 1.04. The van der Waals surface area contributed by atoms with Crippen LogP contribution in [0.4, 0.5) is 0 Å². The zero-order chi connectivity index (χ0) is 13.7. The van der Waals surface area contributed by atoms with E-state index in [0.29, 0.717) is 6.04 Å². The van der Waals surface area contributed by atoms with Gasteiger partial charge in [0.05, 0.1) is 3.79 Å². The number of aryl methyl sites for hydroxylation is 1. The molecule has 0 radical (unpaired) electrons. The number of hydrogen-bond acceptors (Lipinski definition) is 4. The standard InChI is InChI=1S/C13H19BrN4S/c1-3-5-15-11(10-6-12(14)19-8-10)7-13-16-9-17-18(13)4-2/h6,8-9,11,15H,3-5,7H2,1-2H3. The summed E-state index contributed by atoms with van der Waals surface area (Å²) in [5, 5.41) is 10.0. The maximum atomic E-state index is 4.37. The summed E-state index contributed by atoms with van der Waals surface area (Å²) in [6, 6.07) is 2.49. The van der Waals surface area contributed by atoms with Crippen molar-refractivity contribution < 1.29 is 0 Å². The molecule has 0 aliphatic carbocycles. The molecule has 4 nitrogen and oxygen atoms in total. The van der Waals surface area contributed by atoms with Crippen LogP contribution in [-0.2, 0) is 13.0 Å². The first-order chi connectivity index (χ1) is 9.24. The Kier molecular flexibility index (Phi) is 5.54. The molecule has 1 N–H and O–H groups in total. The predicted octanol–water partition coefficient (Wildman–Crippen LogP) is 3.41. The van der Waals surface area contributed by atoms with Crippen molar-refractivity contribution in [2.45, 2.75) is 39.3 Å². The number of nitrogens with one attached hydrogen (secondary N) is 1. The molecular weight excluding hydrogens is 324 g/mol. The summed E-state index contributed by atoms with van der Waals surface area (Å²) in [5.41, 5.74) is 1.32. The molecule has 0 fully saturated rings. The van der Waals surface area contributed by atoms with Gasteiger partial charge in [0.2, 0.25) is 0 Å². The van der Waals surface area contributed by atoms with Crippen LogP contribution in [-0.4, -0.2) is 21.3 Å². The van der Waals surface area contributed by atoms with E-state index in [0.717, 1.165) is 31.8 Å². The topological polar surface area (TPSA) is 42.7 Å². The Morgan fingerprint density at radius 2 is 2.32 bits per heavy atom. The fraction of sp³-hybridized carbons (Fsp3) is 0.538. The van der Waals surface area contributed by atoms with Crippen LogP contribution in [0.2, 0.25) is 0 Å². The smallest absolute Gasteiger partial charge is 0.138 e. The Hall–Kier alpha value is -0.720. The maximum Gasteiger partial charge on any atom is 0.138 e. The maximum absolute atomic E-state index is 4.37. The number of thiophene rings is 1. The number of nitrogens with zero attached hydrogens (tertiary/aromatic N) is 3. The van der Waals surface area contributed by atoms with Gasteiger partial charge in [-0.05, 0) is 52.8 Å². The Morgan fingerprint density at radius 1 is 1.47 bits per heavy atom. The predicted molar refractivity (Wildman–Crippen MR) is 82.5 cm³/mol. The second kappa shape index (κ2) is 7.17. The fourth-order valence-corrected chi connectivity index (χ4v) is 3.26. The molecule has 0 spiro atoms. The third-order valence-electron chi connectivity index (χ3n) is 3.01. The summed E-state index contributed by atoms with van der Waals surface area (Å²) in [6.07, 6.45) is 3.64. The lowest BCUT2D eigenvalue weighted by atomic mass is 10.1. The molecule has 2 aromatic rings. The summed E-state index contributed by atoms with van der Waals surface area (Å²) in [7, 11) is 0. The van der Waals surface area contributed by atoms with E-state index in [2.05, 4.69) is 56.6 Å². The molecule has 19 heavy (non-hydrogen) atoms. The molecule has 2 rings (SSSR count). The average molecular weight is 343 g/mol. The van der Waals surface area contributed by atoms with Gasteiger partial charge in [0.1, 0.15) is 12.2 Å². The van der Waals surface area contributed by atoms with E-state index in [1.165, 1.54) is 9.35 Å². The molecule has 6 heteroatoms. The van der Waals surface area contributed by atoms with Crippen molar-refractivity contribution in [3.8, 4) is 0 Å². The van der Waals surface area contributed by atoms with Crippen LogP contribution >= 0.6 is 27.3 Å². The van der Waals surface area contributed by atoms with Gasteiger partial charge in [0.25, 0.3) is 0 Å². The molecule has 104 valence electrons. The van der Waals surface area contributed by atoms with Gasteiger partial charge >= 0.3 is 0 Å². The van der Waals surface area contributed by atoms with Gasteiger partial charge in [-0.1, -0.05) is 6.92 Å². The molecular formula is C13H19BrN4S. The van der Waals surface area contributed by atoms with Crippen LogP contribution in [0.5, 0.6) is 0 Å². The van der Waals surface area contributed by atoms with Crippen LogP contribution in [0.1, 0.15) is 37.7 Å². The second-order valence-electron chi connectivity index (χ2n) is 4.39. The number of halogens is 1. The Bertz CT molecular complexity index is 508. The highest BCUT2D eigenvalue weighted by atomic mass is 79.9. The lowest BCUT2D eigenvalue weighted by Crippen LogP contribution is -2.25. The molecule has 0 amide bonds. The van der Waals surface area contributed by atoms with E-state index in [1.54, 1.807) is 17.7 Å². The fourth-order valence-electron chi connectivity index (χ4n) is 2.03. The Labute approximate surface area is 126 Å². The Morgan fingerprint density at radius 3 is 2.95 bits per heavy atom. The monoisotopic (exact) mass is 342 g/mol. The molecule has 1 atom stereocenters. The largest absolute Gasteiger partial charge is 0.310 e. The SMILES string of the molecule is CCCNC(Cc1ncnn1CC)c1csc(Br)c1. The van der Waals surface area contributed by atoms with Crippen LogP contribution in [0.15, 0.2) is 21.6 Å². The van der Waals surface area contributed by atoms with Crippen LogP contribution in [0.25, 0.3) is 0 Å². The average Bonchev–Trinajstić information content (AvgIpc) is 3.02. The van der Waals surface area contributed by atoms with Crippen molar-refractivity contribution >= 4 is 27.3 Å². The molecule has 0 saturated heterocycles. The summed E-state index contributed by atoms with van der Waals surface area (Å²) in [4.78, 5) is 4.37. The molecule has 0 bridgehead atoms. The summed E-state index contributed by atoms with van der Waals surface area (Å²) >= 11 is 5.25. The Balaban J connectivity index is 2.14. The van der Waals surface area contributed by atoms with Crippen LogP contribution in [0, 0.1) is 0 Å². The van der Waals surface area contributed by atoms with Crippen molar-refractivity contribution in [2.24, 2.45) is 0 Å². The minimum atomic E-state index is 0.303. The van der Waals surface area contributed by atoms with E-state index in [9.17, 15) is 0 Å². The number of aromatic nitrogens is 3. The first-order valence-corrected chi connectivity index (χ1v) is 8.25. The highest BCUT2D eigenvalue weighted by Crippen LogP contribution is 2.27. The molecule has 0 saturated carbocycles. The quantitative estimate of drug-likeness (QED) is 0.838. The normalized spacial score (nSPS) is 12.8. The minimum Gasteiger partial charge on any atom is -0.310 e. The lowest BCUT2D eigenvalue weighted by Gasteiger charge is -2.17. The molecule has 2 heterocycles. The van der Waals surface area contributed by atoms with Crippen LogP contribution in [0.3, 0.4) is 0 Å². The number of rotatable bonds is 7. The third-order valence-corrected chi connectivity index (χ3v) is 4.54. The van der Waals surface area contributed by atoms with E-state index < -0.39 is 0 Å². The molecule has 2 aromatic heterocycles. The summed E-state index contributed by atoms with van der Waals surface area (Å²) < 4.78 is 3.13. The van der Waals surface area contributed by atoms with Gasteiger partial charge in [0.15, 0.2) is 0 Å². The first kappa shape index (κ1) is 14.7. The molecule has 0 aromatic carbocycles. The minimum absolute atomic E-state index is 0.303. The second-order valence-corrected chi connectivity index (χ2v) is 6.68. The first-order valence-electron chi connectivity index (χ1n) is 6.58. The van der Waals surface area contributed by atoms with Gasteiger partial charge in [-0.3, -0.25) is 4.68 Å². The third kappa shape index (κ3) is 3.87. The van der Waals surface area contributed by atoms with Crippen molar-refractivity contribution in [2.75, 3.05) is 6.54 Å². The van der Waals surface area contributed by atoms with Gasteiger partial charge in [0, 0.05) is 19.0 Å². The van der Waals surface area contributed by atoms with Crippen molar-refractivity contribution in [3.05, 3.63) is 32.9 Å². The van der Waals surface area contributed by atoms with Gasteiger partial charge < -0.3 is 5.32 Å². The number of hydrogen-bond donors (Lipinski definition) is 1. The van der Waals surface area contributed by atoms with Gasteiger partial charge in [-0.2, -0.15) is 5.10 Å². The molecule has 1 unspecified atom stereocenters. The van der Waals surface area contributed by atoms with Crippen molar-refractivity contribution in [3.63, 3.8) is 0 Å². The molecule has 0 aliphatic heterocycles. The highest BCUT2D eigenvalue weighted by molar-refractivity contribution is 9.11. The van der Waals surface area contributed by atoms with Gasteiger partial charge in [-0.25, -0.2) is 4.98 Å². The molecule has 0 aliphatic rings.